The molecule has 1 aliphatic heterocycles. The van der Waals surface area contributed by atoms with E-state index in [0.29, 0.717) is 6.04 Å². The average Bonchev–Trinajstić information content (AvgIpc) is 2.58. The first-order valence-corrected chi connectivity index (χ1v) is 5.88. The molecule has 1 aliphatic rings. The molecule has 0 amide bonds. The molecular weight excluding hydrogens is 186 g/mol. The Morgan fingerprint density at radius 1 is 1.77 bits per heavy atom. The molecular formula is C9H17NO2S. The quantitative estimate of drug-likeness (QED) is 0.747. The van der Waals surface area contributed by atoms with E-state index >= 15 is 0 Å². The summed E-state index contributed by atoms with van der Waals surface area (Å²) in [5, 5.41) is 8.90. The number of hydrogen-bond donors (Lipinski definition) is 1. The van der Waals surface area contributed by atoms with Crippen molar-refractivity contribution in [1.82, 2.24) is 4.90 Å². The Hall–Kier alpha value is -0.220. The Labute approximate surface area is 83.5 Å². The van der Waals surface area contributed by atoms with Gasteiger partial charge >= 0.3 is 5.97 Å². The van der Waals surface area contributed by atoms with Crippen LogP contribution < -0.4 is 0 Å². The van der Waals surface area contributed by atoms with Gasteiger partial charge in [-0.25, -0.2) is 0 Å². The second-order valence-electron chi connectivity index (χ2n) is 3.36. The van der Waals surface area contributed by atoms with Gasteiger partial charge in [-0.05, 0) is 25.6 Å². The number of nitrogens with zero attached hydrogens (tertiary/aromatic N) is 1. The van der Waals surface area contributed by atoms with Gasteiger partial charge in [0.05, 0.1) is 0 Å². The number of carboxylic acids is 1. The van der Waals surface area contributed by atoms with Gasteiger partial charge in [-0.1, -0.05) is 6.92 Å². The number of carboxylic acid groups (broad SMARTS) is 1. The molecule has 0 aromatic rings. The third-order valence-electron chi connectivity index (χ3n) is 2.59. The second-order valence-corrected chi connectivity index (χ2v) is 4.51. The number of likely N-dealkylation sites (N-methyl/N-ethyl adjacent to an activating group) is 1. The van der Waals surface area contributed by atoms with Gasteiger partial charge in [0.15, 0.2) is 0 Å². The van der Waals surface area contributed by atoms with E-state index in [1.54, 1.807) is 6.92 Å². The second kappa shape index (κ2) is 4.86. The van der Waals surface area contributed by atoms with Crippen LogP contribution in [0.25, 0.3) is 0 Å². The fraction of sp³-hybridized carbons (Fsp3) is 0.889. The van der Waals surface area contributed by atoms with Crippen LogP contribution in [0.3, 0.4) is 0 Å². The topological polar surface area (TPSA) is 40.5 Å². The molecule has 0 aliphatic carbocycles. The lowest BCUT2D eigenvalue weighted by molar-refractivity contribution is -0.143. The molecule has 1 fully saturated rings. The van der Waals surface area contributed by atoms with Gasteiger partial charge in [0.25, 0.3) is 0 Å². The maximum Gasteiger partial charge on any atom is 0.320 e. The van der Waals surface area contributed by atoms with Gasteiger partial charge in [0, 0.05) is 11.8 Å². The molecule has 2 atom stereocenters. The summed E-state index contributed by atoms with van der Waals surface area (Å²) in [6, 6.07) is 0.134. The minimum Gasteiger partial charge on any atom is -0.480 e. The molecule has 1 heterocycles. The zero-order valence-corrected chi connectivity index (χ0v) is 9.01. The summed E-state index contributed by atoms with van der Waals surface area (Å²) in [6.07, 6.45) is 1.14. The van der Waals surface area contributed by atoms with Gasteiger partial charge in [0.2, 0.25) is 0 Å². The zero-order valence-electron chi connectivity index (χ0n) is 8.19. The van der Waals surface area contributed by atoms with E-state index < -0.39 is 5.97 Å². The largest absolute Gasteiger partial charge is 0.480 e. The lowest BCUT2D eigenvalue weighted by Crippen LogP contribution is -2.45. The van der Waals surface area contributed by atoms with Crippen molar-refractivity contribution in [2.45, 2.75) is 32.4 Å². The van der Waals surface area contributed by atoms with Crippen LogP contribution in [0.4, 0.5) is 0 Å². The van der Waals surface area contributed by atoms with Crippen LogP contribution in [-0.4, -0.2) is 46.1 Å². The number of hydrogen-bond acceptors (Lipinski definition) is 3. The summed E-state index contributed by atoms with van der Waals surface area (Å²) in [6.45, 7) is 4.63. The Bertz CT molecular complexity index is 180. The van der Waals surface area contributed by atoms with Gasteiger partial charge in [-0.3, -0.25) is 9.69 Å². The molecule has 1 rings (SSSR count). The highest BCUT2D eigenvalue weighted by Gasteiger charge is 2.28. The Kier molecular flexibility index (Phi) is 4.06. The average molecular weight is 203 g/mol. The first kappa shape index (κ1) is 10.9. The lowest BCUT2D eigenvalue weighted by atomic mass is 10.1. The summed E-state index contributed by atoms with van der Waals surface area (Å²) in [4.78, 5) is 12.9. The van der Waals surface area contributed by atoms with Crippen molar-refractivity contribution in [2.24, 2.45) is 0 Å². The van der Waals surface area contributed by atoms with Crippen molar-refractivity contribution in [3.05, 3.63) is 0 Å². The smallest absolute Gasteiger partial charge is 0.320 e. The van der Waals surface area contributed by atoms with Crippen molar-refractivity contribution < 1.29 is 9.90 Å². The van der Waals surface area contributed by atoms with Crippen LogP contribution in [0.15, 0.2) is 0 Å². The van der Waals surface area contributed by atoms with Crippen LogP contribution in [-0.2, 0) is 4.79 Å². The fourth-order valence-corrected chi connectivity index (χ4v) is 3.01. The third kappa shape index (κ3) is 2.61. The minimum absolute atomic E-state index is 0.339. The summed E-state index contributed by atoms with van der Waals surface area (Å²) in [5.74, 6) is 1.55. The molecule has 3 nitrogen and oxygen atoms in total. The summed E-state index contributed by atoms with van der Waals surface area (Å²) >= 11 is 1.92. The van der Waals surface area contributed by atoms with Gasteiger partial charge in [-0.2, -0.15) is 11.8 Å². The van der Waals surface area contributed by atoms with Crippen molar-refractivity contribution in [3.8, 4) is 0 Å². The first-order chi connectivity index (χ1) is 6.16. The van der Waals surface area contributed by atoms with E-state index in [-0.39, 0.29) is 6.04 Å². The van der Waals surface area contributed by atoms with E-state index in [0.717, 1.165) is 18.7 Å². The van der Waals surface area contributed by atoms with E-state index in [1.165, 1.54) is 5.75 Å². The Balaban J connectivity index is 2.54. The normalized spacial score (nSPS) is 25.0. The molecule has 13 heavy (non-hydrogen) atoms. The molecule has 76 valence electrons. The molecule has 0 radical (unpaired) electrons. The third-order valence-corrected chi connectivity index (χ3v) is 3.74. The van der Waals surface area contributed by atoms with Crippen molar-refractivity contribution in [2.75, 3.05) is 18.1 Å². The van der Waals surface area contributed by atoms with Crippen LogP contribution >= 0.6 is 11.8 Å². The minimum atomic E-state index is -0.709. The lowest BCUT2D eigenvalue weighted by Gasteiger charge is -2.30. The van der Waals surface area contributed by atoms with E-state index in [1.807, 2.05) is 18.7 Å². The highest BCUT2D eigenvalue weighted by molar-refractivity contribution is 7.99. The maximum absolute atomic E-state index is 10.8. The van der Waals surface area contributed by atoms with Gasteiger partial charge in [0.1, 0.15) is 6.04 Å². The fourth-order valence-electron chi connectivity index (χ4n) is 1.77. The SMILES string of the molecule is CCN([C@H]1CCSC1)[C@H](C)C(=O)O. The molecule has 0 bridgehead atoms. The van der Waals surface area contributed by atoms with Crippen LogP contribution in [0.2, 0.25) is 0 Å². The van der Waals surface area contributed by atoms with Crippen LogP contribution in [0, 0.1) is 0 Å². The Morgan fingerprint density at radius 2 is 2.46 bits per heavy atom. The first-order valence-electron chi connectivity index (χ1n) is 4.73. The number of rotatable bonds is 4. The summed E-state index contributed by atoms with van der Waals surface area (Å²) in [5.41, 5.74) is 0. The van der Waals surface area contributed by atoms with Crippen molar-refractivity contribution >= 4 is 17.7 Å². The van der Waals surface area contributed by atoms with Gasteiger partial charge < -0.3 is 5.11 Å². The van der Waals surface area contributed by atoms with Crippen molar-refractivity contribution in [1.29, 1.82) is 0 Å². The summed E-state index contributed by atoms with van der Waals surface area (Å²) in [7, 11) is 0. The monoisotopic (exact) mass is 203 g/mol. The molecule has 0 unspecified atom stereocenters. The molecule has 0 aromatic carbocycles. The molecule has 1 saturated heterocycles. The molecule has 0 saturated carbocycles. The number of carbonyl (C=O) groups is 1. The zero-order chi connectivity index (χ0) is 9.84. The van der Waals surface area contributed by atoms with Crippen LogP contribution in [0.1, 0.15) is 20.3 Å². The predicted molar refractivity (Wildman–Crippen MR) is 55.2 cm³/mol. The van der Waals surface area contributed by atoms with Crippen LogP contribution in [0.5, 0.6) is 0 Å². The Morgan fingerprint density at radius 3 is 2.85 bits per heavy atom. The molecule has 4 heteroatoms. The molecule has 1 N–H and O–H groups in total. The number of thioether (sulfide) groups is 1. The predicted octanol–water partition coefficient (Wildman–Crippen LogP) is 1.29. The summed E-state index contributed by atoms with van der Waals surface area (Å²) < 4.78 is 0. The number of aliphatic carboxylic acids is 1. The standard InChI is InChI=1S/C9H17NO2S/c1-3-10(7(2)9(11)12)8-4-5-13-6-8/h7-8H,3-6H2,1-2H3,(H,11,12)/t7-,8+/m1/s1. The molecule has 0 aromatic heterocycles. The highest BCUT2D eigenvalue weighted by Crippen LogP contribution is 2.23. The van der Waals surface area contributed by atoms with Crippen molar-refractivity contribution in [3.63, 3.8) is 0 Å². The van der Waals surface area contributed by atoms with E-state index in [4.69, 9.17) is 5.11 Å². The van der Waals surface area contributed by atoms with Gasteiger partial charge in [-0.15, -0.1) is 0 Å². The van der Waals surface area contributed by atoms with E-state index in [9.17, 15) is 4.79 Å². The maximum atomic E-state index is 10.8. The van der Waals surface area contributed by atoms with E-state index in [2.05, 4.69) is 4.90 Å². The molecule has 0 spiro atoms. The highest BCUT2D eigenvalue weighted by atomic mass is 32.2.